The number of amides is 2. The second-order valence-electron chi connectivity index (χ2n) is 6.95. The Morgan fingerprint density at radius 3 is 2.16 bits per heavy atom. The first-order valence-electron chi connectivity index (χ1n) is 10.2. The summed E-state index contributed by atoms with van der Waals surface area (Å²) in [6, 6.07) is 15.9. The Balaban J connectivity index is 1.60. The van der Waals surface area contributed by atoms with E-state index in [2.05, 4.69) is 10.0 Å². The summed E-state index contributed by atoms with van der Waals surface area (Å²) in [5.41, 5.74) is 1.73. The van der Waals surface area contributed by atoms with Crippen LogP contribution in [0.3, 0.4) is 0 Å². The normalized spacial score (nSPS) is 11.2. The van der Waals surface area contributed by atoms with Crippen molar-refractivity contribution in [3.8, 4) is 0 Å². The van der Waals surface area contributed by atoms with E-state index in [0.29, 0.717) is 24.3 Å². The summed E-state index contributed by atoms with van der Waals surface area (Å²) in [5, 5.41) is 2.70. The van der Waals surface area contributed by atoms with Crippen molar-refractivity contribution < 1.29 is 22.4 Å². The summed E-state index contributed by atoms with van der Waals surface area (Å²) in [6.07, 6.45) is 1.42. The number of furan rings is 1. The first-order chi connectivity index (χ1) is 15.3. The highest BCUT2D eigenvalue weighted by molar-refractivity contribution is 7.89. The third-order valence-electron chi connectivity index (χ3n) is 4.89. The standard InChI is InChI=1S/C23H25N3O5S/c1-3-26(4-2)23(28)18-9-13-20(14-10-18)32(29,30)24-16-17-7-11-19(12-8-17)25-22(27)21-6-5-15-31-21/h5-15,24H,3-4,16H2,1-2H3,(H,25,27). The maximum absolute atomic E-state index is 12.6. The van der Waals surface area contributed by atoms with Crippen LogP contribution in [0.2, 0.25) is 0 Å². The summed E-state index contributed by atoms with van der Waals surface area (Å²) in [7, 11) is -3.75. The van der Waals surface area contributed by atoms with E-state index in [9.17, 15) is 18.0 Å². The molecule has 0 saturated heterocycles. The van der Waals surface area contributed by atoms with E-state index < -0.39 is 10.0 Å². The Morgan fingerprint density at radius 2 is 1.59 bits per heavy atom. The van der Waals surface area contributed by atoms with Crippen LogP contribution in [-0.4, -0.2) is 38.2 Å². The molecule has 0 fully saturated rings. The van der Waals surface area contributed by atoms with E-state index in [4.69, 9.17) is 4.42 Å². The number of nitrogens with zero attached hydrogens (tertiary/aromatic N) is 1. The van der Waals surface area contributed by atoms with E-state index in [0.717, 1.165) is 5.56 Å². The fourth-order valence-corrected chi connectivity index (χ4v) is 4.06. The minimum Gasteiger partial charge on any atom is -0.459 e. The van der Waals surface area contributed by atoms with Gasteiger partial charge in [0.25, 0.3) is 11.8 Å². The topological polar surface area (TPSA) is 109 Å². The summed E-state index contributed by atoms with van der Waals surface area (Å²) >= 11 is 0. The third-order valence-corrected chi connectivity index (χ3v) is 6.30. The Labute approximate surface area is 187 Å². The van der Waals surface area contributed by atoms with Crippen molar-refractivity contribution in [3.63, 3.8) is 0 Å². The van der Waals surface area contributed by atoms with Gasteiger partial charge < -0.3 is 14.6 Å². The number of rotatable bonds is 9. The van der Waals surface area contributed by atoms with Crippen LogP contribution in [0.5, 0.6) is 0 Å². The number of benzene rings is 2. The molecule has 3 rings (SSSR count). The van der Waals surface area contributed by atoms with Gasteiger partial charge in [0.2, 0.25) is 10.0 Å². The molecule has 168 valence electrons. The van der Waals surface area contributed by atoms with E-state index in [1.165, 1.54) is 30.5 Å². The molecule has 2 N–H and O–H groups in total. The molecule has 0 unspecified atom stereocenters. The highest BCUT2D eigenvalue weighted by Crippen LogP contribution is 2.15. The van der Waals surface area contributed by atoms with E-state index >= 15 is 0 Å². The Bertz CT molecular complexity index is 1150. The smallest absolute Gasteiger partial charge is 0.291 e. The lowest BCUT2D eigenvalue weighted by atomic mass is 10.2. The molecule has 8 nitrogen and oxygen atoms in total. The SMILES string of the molecule is CCN(CC)C(=O)c1ccc(S(=O)(=O)NCc2ccc(NC(=O)c3ccco3)cc2)cc1. The van der Waals surface area contributed by atoms with Crippen molar-refractivity contribution in [1.29, 1.82) is 0 Å². The molecule has 0 saturated carbocycles. The third kappa shape index (κ3) is 5.63. The lowest BCUT2D eigenvalue weighted by molar-refractivity contribution is 0.0772. The summed E-state index contributed by atoms with van der Waals surface area (Å²) in [4.78, 5) is 26.1. The van der Waals surface area contributed by atoms with Crippen molar-refractivity contribution in [2.24, 2.45) is 0 Å². The van der Waals surface area contributed by atoms with E-state index in [-0.39, 0.29) is 29.0 Å². The van der Waals surface area contributed by atoms with Gasteiger partial charge in [0, 0.05) is 30.9 Å². The number of hydrogen-bond donors (Lipinski definition) is 2. The fraction of sp³-hybridized carbons (Fsp3) is 0.217. The van der Waals surface area contributed by atoms with Gasteiger partial charge in [0.15, 0.2) is 5.76 Å². The predicted octanol–water partition coefficient (Wildman–Crippen LogP) is 3.49. The zero-order valence-electron chi connectivity index (χ0n) is 17.9. The first-order valence-corrected chi connectivity index (χ1v) is 11.6. The number of nitrogens with one attached hydrogen (secondary N) is 2. The maximum Gasteiger partial charge on any atom is 0.291 e. The van der Waals surface area contributed by atoms with Crippen molar-refractivity contribution in [2.75, 3.05) is 18.4 Å². The second kappa shape index (κ2) is 10.3. The highest BCUT2D eigenvalue weighted by Gasteiger charge is 2.17. The van der Waals surface area contributed by atoms with Gasteiger partial charge in [-0.15, -0.1) is 0 Å². The lowest BCUT2D eigenvalue weighted by Gasteiger charge is -2.18. The molecule has 0 spiro atoms. The molecule has 0 aliphatic heterocycles. The van der Waals surface area contributed by atoms with Crippen molar-refractivity contribution in [2.45, 2.75) is 25.3 Å². The first kappa shape index (κ1) is 23.2. The Morgan fingerprint density at radius 1 is 0.938 bits per heavy atom. The van der Waals surface area contributed by atoms with Gasteiger partial charge in [-0.1, -0.05) is 12.1 Å². The molecule has 1 aromatic heterocycles. The van der Waals surface area contributed by atoms with Crippen LogP contribution in [0, 0.1) is 0 Å². The highest BCUT2D eigenvalue weighted by atomic mass is 32.2. The predicted molar refractivity (Wildman–Crippen MR) is 121 cm³/mol. The molecule has 2 aromatic carbocycles. The van der Waals surface area contributed by atoms with Crippen LogP contribution >= 0.6 is 0 Å². The summed E-state index contributed by atoms with van der Waals surface area (Å²) in [5.74, 6) is -0.302. The monoisotopic (exact) mass is 455 g/mol. The molecule has 3 aromatic rings. The van der Waals surface area contributed by atoms with Crippen LogP contribution in [0.25, 0.3) is 0 Å². The van der Waals surface area contributed by atoms with Crippen LogP contribution in [0.4, 0.5) is 5.69 Å². The number of anilines is 1. The number of sulfonamides is 1. The molecule has 1 heterocycles. The molecule has 0 atom stereocenters. The van der Waals surface area contributed by atoms with E-state index in [1.807, 2.05) is 13.8 Å². The molecule has 0 bridgehead atoms. The summed E-state index contributed by atoms with van der Waals surface area (Å²) in [6.45, 7) is 5.03. The van der Waals surface area contributed by atoms with Crippen LogP contribution < -0.4 is 10.0 Å². The Hall–Kier alpha value is -3.43. The molecule has 9 heteroatoms. The molecular weight excluding hydrogens is 430 g/mol. The maximum atomic E-state index is 12.6. The molecule has 0 aliphatic rings. The van der Waals surface area contributed by atoms with E-state index in [1.54, 1.807) is 41.3 Å². The number of carbonyl (C=O) groups excluding carboxylic acids is 2. The molecular formula is C23H25N3O5S. The van der Waals surface area contributed by atoms with Crippen molar-refractivity contribution >= 4 is 27.5 Å². The second-order valence-corrected chi connectivity index (χ2v) is 8.72. The van der Waals surface area contributed by atoms with Crippen molar-refractivity contribution in [1.82, 2.24) is 9.62 Å². The zero-order chi connectivity index (χ0) is 23.1. The van der Waals surface area contributed by atoms with Crippen LogP contribution in [0.1, 0.15) is 40.3 Å². The quantitative estimate of drug-likeness (QED) is 0.513. The number of hydrogen-bond acceptors (Lipinski definition) is 5. The Kier molecular flexibility index (Phi) is 7.45. The molecule has 0 radical (unpaired) electrons. The lowest BCUT2D eigenvalue weighted by Crippen LogP contribution is -2.30. The largest absolute Gasteiger partial charge is 0.459 e. The van der Waals surface area contributed by atoms with Gasteiger partial charge >= 0.3 is 0 Å². The van der Waals surface area contributed by atoms with Gasteiger partial charge in [0.05, 0.1) is 11.2 Å². The fourth-order valence-electron chi connectivity index (χ4n) is 3.04. The number of carbonyl (C=O) groups is 2. The van der Waals surface area contributed by atoms with Gasteiger partial charge in [-0.25, -0.2) is 13.1 Å². The van der Waals surface area contributed by atoms with Crippen LogP contribution in [-0.2, 0) is 16.6 Å². The van der Waals surface area contributed by atoms with Gasteiger partial charge in [-0.05, 0) is 67.9 Å². The van der Waals surface area contributed by atoms with Gasteiger partial charge in [-0.3, -0.25) is 9.59 Å². The average molecular weight is 456 g/mol. The molecule has 32 heavy (non-hydrogen) atoms. The van der Waals surface area contributed by atoms with Gasteiger partial charge in [0.1, 0.15) is 0 Å². The minimum absolute atomic E-state index is 0.0782. The molecule has 2 amide bonds. The van der Waals surface area contributed by atoms with Crippen LogP contribution in [0.15, 0.2) is 76.2 Å². The zero-order valence-corrected chi connectivity index (χ0v) is 18.7. The van der Waals surface area contributed by atoms with Crippen molar-refractivity contribution in [3.05, 3.63) is 83.8 Å². The minimum atomic E-state index is -3.75. The van der Waals surface area contributed by atoms with Gasteiger partial charge in [-0.2, -0.15) is 0 Å². The molecule has 0 aliphatic carbocycles. The average Bonchev–Trinajstić information content (AvgIpc) is 3.35. The summed E-state index contributed by atoms with van der Waals surface area (Å²) < 4.78 is 32.8.